The van der Waals surface area contributed by atoms with E-state index in [0.717, 1.165) is 17.3 Å². The minimum Gasteiger partial charge on any atom is -0.356 e. The maximum Gasteiger partial charge on any atom is 0.228 e. The molecule has 0 spiro atoms. The van der Waals surface area contributed by atoms with Crippen molar-refractivity contribution < 1.29 is 4.52 Å². The molecule has 0 aromatic carbocycles. The van der Waals surface area contributed by atoms with Crippen molar-refractivity contribution in [3.63, 3.8) is 0 Å². The van der Waals surface area contributed by atoms with Gasteiger partial charge < -0.3 is 15.2 Å². The molecule has 3 aromatic heterocycles. The van der Waals surface area contributed by atoms with E-state index >= 15 is 0 Å². The first kappa shape index (κ1) is 16.9. The van der Waals surface area contributed by atoms with Crippen LogP contribution in [0.1, 0.15) is 37.3 Å². The summed E-state index contributed by atoms with van der Waals surface area (Å²) in [5, 5.41) is 18.7. The van der Waals surface area contributed by atoms with E-state index in [0.29, 0.717) is 31.4 Å². The smallest absolute Gasteiger partial charge is 0.228 e. The Morgan fingerprint density at radius 1 is 1.28 bits per heavy atom. The topological polar surface area (TPSA) is 106 Å². The van der Waals surface area contributed by atoms with E-state index in [9.17, 15) is 0 Å². The number of aliphatic imine (C=N–C) groups is 1. The first-order valence-corrected chi connectivity index (χ1v) is 8.23. The second-order valence-electron chi connectivity index (χ2n) is 5.85. The van der Waals surface area contributed by atoms with Crippen molar-refractivity contribution >= 4 is 11.6 Å². The van der Waals surface area contributed by atoms with E-state index in [-0.39, 0.29) is 5.92 Å². The lowest BCUT2D eigenvalue weighted by atomic mass is 10.2. The van der Waals surface area contributed by atoms with Crippen LogP contribution in [0.4, 0.5) is 0 Å². The first-order valence-electron chi connectivity index (χ1n) is 8.23. The molecule has 9 nitrogen and oxygen atoms in total. The zero-order valence-corrected chi connectivity index (χ0v) is 14.6. The average Bonchev–Trinajstić information content (AvgIpc) is 3.25. The van der Waals surface area contributed by atoms with Crippen molar-refractivity contribution in [1.29, 1.82) is 0 Å². The average molecular weight is 342 g/mol. The second kappa shape index (κ2) is 7.73. The Balaban J connectivity index is 1.49. The van der Waals surface area contributed by atoms with Crippen molar-refractivity contribution in [3.8, 4) is 0 Å². The highest BCUT2D eigenvalue weighted by molar-refractivity contribution is 5.79. The molecule has 0 amide bonds. The highest BCUT2D eigenvalue weighted by atomic mass is 16.5. The van der Waals surface area contributed by atoms with Gasteiger partial charge in [-0.2, -0.15) is 4.98 Å². The van der Waals surface area contributed by atoms with Crippen LogP contribution >= 0.6 is 0 Å². The summed E-state index contributed by atoms with van der Waals surface area (Å²) >= 11 is 0. The highest BCUT2D eigenvalue weighted by Crippen LogP contribution is 2.09. The molecule has 0 unspecified atom stereocenters. The molecule has 0 bridgehead atoms. The van der Waals surface area contributed by atoms with E-state index in [2.05, 4.69) is 36.0 Å². The van der Waals surface area contributed by atoms with Crippen molar-refractivity contribution in [2.45, 2.75) is 32.7 Å². The van der Waals surface area contributed by atoms with Crippen LogP contribution in [-0.4, -0.2) is 44.3 Å². The van der Waals surface area contributed by atoms with E-state index in [1.54, 1.807) is 7.05 Å². The fraction of sp³-hybridized carbons (Fsp3) is 0.438. The number of aromatic nitrogens is 5. The third-order valence-corrected chi connectivity index (χ3v) is 3.65. The molecule has 0 fully saturated rings. The van der Waals surface area contributed by atoms with E-state index in [1.165, 1.54) is 0 Å². The summed E-state index contributed by atoms with van der Waals surface area (Å²) in [7, 11) is 1.72. The maximum atomic E-state index is 5.23. The molecular formula is C16H22N8O. The highest BCUT2D eigenvalue weighted by Gasteiger charge is 2.10. The van der Waals surface area contributed by atoms with Crippen LogP contribution in [0, 0.1) is 0 Å². The second-order valence-corrected chi connectivity index (χ2v) is 5.85. The summed E-state index contributed by atoms with van der Waals surface area (Å²) in [4.78, 5) is 8.56. The van der Waals surface area contributed by atoms with E-state index < -0.39 is 0 Å². The van der Waals surface area contributed by atoms with Crippen LogP contribution in [0.3, 0.4) is 0 Å². The summed E-state index contributed by atoms with van der Waals surface area (Å²) in [5.41, 5.74) is 0.819. The molecule has 0 saturated heterocycles. The molecule has 2 N–H and O–H groups in total. The summed E-state index contributed by atoms with van der Waals surface area (Å²) in [5.74, 6) is 3.11. The van der Waals surface area contributed by atoms with E-state index in [4.69, 9.17) is 4.52 Å². The Labute approximate surface area is 145 Å². The number of hydrogen-bond donors (Lipinski definition) is 2. The molecule has 0 aliphatic heterocycles. The van der Waals surface area contributed by atoms with Gasteiger partial charge in [0, 0.05) is 32.1 Å². The molecule has 9 heteroatoms. The molecule has 3 heterocycles. The van der Waals surface area contributed by atoms with Crippen molar-refractivity contribution in [2.24, 2.45) is 4.99 Å². The van der Waals surface area contributed by atoms with Gasteiger partial charge in [0.2, 0.25) is 5.89 Å². The largest absolute Gasteiger partial charge is 0.356 e. The van der Waals surface area contributed by atoms with Gasteiger partial charge >= 0.3 is 0 Å². The van der Waals surface area contributed by atoms with Gasteiger partial charge in [0.15, 0.2) is 23.3 Å². The monoisotopic (exact) mass is 342 g/mol. The lowest BCUT2D eigenvalue weighted by molar-refractivity contribution is 0.371. The van der Waals surface area contributed by atoms with Crippen LogP contribution in [-0.2, 0) is 13.0 Å². The lowest BCUT2D eigenvalue weighted by Crippen LogP contribution is -2.38. The quantitative estimate of drug-likeness (QED) is 0.511. The first-order chi connectivity index (χ1) is 12.2. The molecule has 0 aliphatic rings. The molecule has 0 aliphatic carbocycles. The molecule has 0 saturated carbocycles. The van der Waals surface area contributed by atoms with Crippen LogP contribution in [0.5, 0.6) is 0 Å². The summed E-state index contributed by atoms with van der Waals surface area (Å²) in [6.45, 7) is 5.22. The number of fused-ring (bicyclic) bond motifs is 1. The van der Waals surface area contributed by atoms with Crippen LogP contribution in [0.2, 0.25) is 0 Å². The van der Waals surface area contributed by atoms with E-state index in [1.807, 2.05) is 42.6 Å². The van der Waals surface area contributed by atoms with Gasteiger partial charge in [0.25, 0.3) is 0 Å². The van der Waals surface area contributed by atoms with Crippen molar-refractivity contribution in [1.82, 2.24) is 35.4 Å². The standard InChI is InChI=1S/C16H22N8O/c1-11(2)15-20-14(25-23-15)7-8-18-16(17-3)19-10-13-22-21-12-6-4-5-9-24(12)13/h4-6,9,11H,7-8,10H2,1-3H3,(H2,17,18,19). The molecule has 3 aromatic rings. The normalized spacial score (nSPS) is 12.1. The van der Waals surface area contributed by atoms with Gasteiger partial charge in [-0.1, -0.05) is 25.1 Å². The van der Waals surface area contributed by atoms with Gasteiger partial charge in [-0.25, -0.2) is 0 Å². The van der Waals surface area contributed by atoms with Crippen molar-refractivity contribution in [2.75, 3.05) is 13.6 Å². The SMILES string of the molecule is CN=C(NCCc1nc(C(C)C)no1)NCc1nnc2ccccn12. The molecule has 0 radical (unpaired) electrons. The number of guanidine groups is 1. The predicted molar refractivity (Wildman–Crippen MR) is 93.3 cm³/mol. The number of hydrogen-bond acceptors (Lipinski definition) is 6. The molecular weight excluding hydrogens is 320 g/mol. The number of rotatable bonds is 6. The zero-order chi connectivity index (χ0) is 17.6. The summed E-state index contributed by atoms with van der Waals surface area (Å²) in [6.07, 6.45) is 2.57. The fourth-order valence-electron chi connectivity index (χ4n) is 2.29. The Hall–Kier alpha value is -2.97. The zero-order valence-electron chi connectivity index (χ0n) is 14.6. The molecule has 25 heavy (non-hydrogen) atoms. The maximum absolute atomic E-state index is 5.23. The Morgan fingerprint density at radius 3 is 2.92 bits per heavy atom. The van der Waals surface area contributed by atoms with Gasteiger partial charge in [-0.15, -0.1) is 10.2 Å². The summed E-state index contributed by atoms with van der Waals surface area (Å²) < 4.78 is 7.16. The number of pyridine rings is 1. The van der Waals surface area contributed by atoms with Gasteiger partial charge in [0.1, 0.15) is 0 Å². The molecule has 132 valence electrons. The lowest BCUT2D eigenvalue weighted by Gasteiger charge is -2.10. The van der Waals surface area contributed by atoms with Gasteiger partial charge in [-0.3, -0.25) is 9.39 Å². The molecule has 3 rings (SSSR count). The summed E-state index contributed by atoms with van der Waals surface area (Å²) in [6, 6.07) is 5.80. The van der Waals surface area contributed by atoms with Crippen LogP contribution in [0.25, 0.3) is 5.65 Å². The van der Waals surface area contributed by atoms with Gasteiger partial charge in [-0.05, 0) is 12.1 Å². The van der Waals surface area contributed by atoms with Crippen LogP contribution < -0.4 is 10.6 Å². The number of nitrogens with zero attached hydrogens (tertiary/aromatic N) is 6. The van der Waals surface area contributed by atoms with Gasteiger partial charge in [0.05, 0.1) is 6.54 Å². The fourth-order valence-corrected chi connectivity index (χ4v) is 2.29. The minimum absolute atomic E-state index is 0.262. The predicted octanol–water partition coefficient (Wildman–Crippen LogP) is 1.14. The Bertz CT molecular complexity index is 851. The van der Waals surface area contributed by atoms with Crippen LogP contribution in [0.15, 0.2) is 33.9 Å². The third kappa shape index (κ3) is 4.11. The Kier molecular flexibility index (Phi) is 5.22. The molecule has 0 atom stereocenters. The van der Waals surface area contributed by atoms with Crippen molar-refractivity contribution in [3.05, 3.63) is 41.9 Å². The Morgan fingerprint density at radius 2 is 2.16 bits per heavy atom. The minimum atomic E-state index is 0.262. The third-order valence-electron chi connectivity index (χ3n) is 3.65. The number of nitrogens with one attached hydrogen (secondary N) is 2.